The van der Waals surface area contributed by atoms with Gasteiger partial charge >= 0.3 is 5.69 Å². The van der Waals surface area contributed by atoms with Crippen molar-refractivity contribution in [3.05, 3.63) is 63.7 Å². The van der Waals surface area contributed by atoms with Crippen molar-refractivity contribution >= 4 is 11.5 Å². The van der Waals surface area contributed by atoms with E-state index in [4.69, 9.17) is 4.74 Å². The number of phenolic OH excluding ortho intramolecular Hbond substituents is 1. The number of hydrogen-bond donors (Lipinski definition) is 1. The van der Waals surface area contributed by atoms with Crippen molar-refractivity contribution in [2.75, 3.05) is 7.11 Å². The molecule has 1 N–H and O–H groups in total. The molecule has 0 amide bonds. The minimum atomic E-state index is -0.753. The molecular weight excluding hydrogens is 274 g/mol. The highest BCUT2D eigenvalue weighted by Gasteiger charge is 2.22. The van der Waals surface area contributed by atoms with E-state index in [0.717, 1.165) is 11.6 Å². The number of hydrogen-bond acceptors (Lipinski definition) is 5. The maximum Gasteiger partial charge on any atom is 0.315 e. The highest BCUT2D eigenvalue weighted by Crippen LogP contribution is 2.37. The van der Waals surface area contributed by atoms with E-state index in [-0.39, 0.29) is 23.5 Å². The Morgan fingerprint density at radius 3 is 2.52 bits per heavy atom. The van der Waals surface area contributed by atoms with Gasteiger partial charge in [-0.1, -0.05) is 30.3 Å². The van der Waals surface area contributed by atoms with Crippen LogP contribution in [0.15, 0.2) is 42.5 Å². The van der Waals surface area contributed by atoms with Gasteiger partial charge in [-0.2, -0.15) is 0 Å². The number of carbonyl (C=O) groups is 1. The topological polar surface area (TPSA) is 89.7 Å². The number of ether oxygens (including phenoxy) is 1. The van der Waals surface area contributed by atoms with Gasteiger partial charge in [0.1, 0.15) is 0 Å². The molecule has 21 heavy (non-hydrogen) atoms. The van der Waals surface area contributed by atoms with Crippen LogP contribution in [0.4, 0.5) is 5.69 Å². The van der Waals surface area contributed by atoms with E-state index in [1.54, 1.807) is 12.1 Å². The fourth-order valence-electron chi connectivity index (χ4n) is 1.93. The number of phenols is 1. The lowest BCUT2D eigenvalue weighted by atomic mass is 10.0. The first kappa shape index (κ1) is 14.5. The molecule has 0 spiro atoms. The summed E-state index contributed by atoms with van der Waals surface area (Å²) in [5.41, 5.74) is 0.378. The molecule has 0 saturated heterocycles. The number of rotatable bonds is 5. The van der Waals surface area contributed by atoms with E-state index >= 15 is 0 Å². The molecule has 2 aromatic carbocycles. The Hall–Kier alpha value is -2.89. The highest BCUT2D eigenvalue weighted by molar-refractivity contribution is 5.99. The first-order valence-electron chi connectivity index (χ1n) is 6.15. The van der Waals surface area contributed by atoms with Crippen LogP contribution < -0.4 is 4.74 Å². The van der Waals surface area contributed by atoms with E-state index in [2.05, 4.69) is 0 Å². The van der Waals surface area contributed by atoms with Crippen molar-refractivity contribution in [1.82, 2.24) is 0 Å². The summed E-state index contributed by atoms with van der Waals surface area (Å²) in [4.78, 5) is 22.4. The van der Waals surface area contributed by atoms with Crippen LogP contribution in [-0.2, 0) is 6.42 Å². The average molecular weight is 287 g/mol. The van der Waals surface area contributed by atoms with Crippen LogP contribution in [0.2, 0.25) is 0 Å². The Bertz CT molecular complexity index is 682. The third-order valence-corrected chi connectivity index (χ3v) is 3.00. The van der Waals surface area contributed by atoms with Gasteiger partial charge < -0.3 is 9.84 Å². The molecule has 0 aliphatic carbocycles. The van der Waals surface area contributed by atoms with Crippen LogP contribution in [0.25, 0.3) is 0 Å². The molecule has 0 aliphatic heterocycles. The summed E-state index contributed by atoms with van der Waals surface area (Å²) >= 11 is 0. The lowest BCUT2D eigenvalue weighted by Crippen LogP contribution is -2.05. The number of aromatic hydroxyl groups is 1. The zero-order valence-electron chi connectivity index (χ0n) is 11.3. The van der Waals surface area contributed by atoms with Gasteiger partial charge in [-0.05, 0) is 11.6 Å². The van der Waals surface area contributed by atoms with Gasteiger partial charge in [0.2, 0.25) is 5.75 Å². The first-order valence-corrected chi connectivity index (χ1v) is 6.15. The summed E-state index contributed by atoms with van der Waals surface area (Å²) in [5.74, 6) is -0.970. The molecule has 108 valence electrons. The van der Waals surface area contributed by atoms with Gasteiger partial charge in [0.15, 0.2) is 11.5 Å². The lowest BCUT2D eigenvalue weighted by molar-refractivity contribution is -0.386. The van der Waals surface area contributed by atoms with Crippen LogP contribution in [0, 0.1) is 10.1 Å². The van der Waals surface area contributed by atoms with Crippen molar-refractivity contribution in [3.63, 3.8) is 0 Å². The second-order valence-electron chi connectivity index (χ2n) is 4.39. The lowest BCUT2D eigenvalue weighted by Gasteiger charge is -2.07. The summed E-state index contributed by atoms with van der Waals surface area (Å²) in [5, 5.41) is 20.6. The van der Waals surface area contributed by atoms with Gasteiger partial charge in [0.05, 0.1) is 12.0 Å². The number of carbonyl (C=O) groups excluding carboxylic acids is 1. The molecule has 2 aromatic rings. The van der Waals surface area contributed by atoms with Crippen LogP contribution >= 0.6 is 0 Å². The SMILES string of the molecule is COc1cc(C(=O)Cc2ccccc2)cc([N+](=O)[O-])c1O. The third-order valence-electron chi connectivity index (χ3n) is 3.00. The Morgan fingerprint density at radius 1 is 1.29 bits per heavy atom. The number of nitro benzene ring substituents is 1. The minimum absolute atomic E-state index is 0.0967. The summed E-state index contributed by atoms with van der Waals surface area (Å²) < 4.78 is 4.87. The van der Waals surface area contributed by atoms with E-state index in [1.807, 2.05) is 18.2 Å². The van der Waals surface area contributed by atoms with Gasteiger partial charge in [0, 0.05) is 18.1 Å². The second-order valence-corrected chi connectivity index (χ2v) is 4.39. The maximum absolute atomic E-state index is 12.2. The predicted octanol–water partition coefficient (Wildman–Crippen LogP) is 2.73. The average Bonchev–Trinajstić information content (AvgIpc) is 2.48. The Labute approximate surface area is 120 Å². The summed E-state index contributed by atoms with van der Waals surface area (Å²) in [6.45, 7) is 0. The second kappa shape index (κ2) is 6.04. The number of nitro groups is 1. The first-order chi connectivity index (χ1) is 10.0. The number of benzene rings is 2. The zero-order chi connectivity index (χ0) is 15.4. The molecular formula is C15H13NO5. The summed E-state index contributed by atoms with van der Waals surface area (Å²) in [6.07, 6.45) is 0.117. The molecule has 0 fully saturated rings. The summed E-state index contributed by atoms with van der Waals surface area (Å²) in [7, 11) is 1.27. The van der Waals surface area contributed by atoms with E-state index in [9.17, 15) is 20.0 Å². The molecule has 2 rings (SSSR count). The van der Waals surface area contributed by atoms with Gasteiger partial charge in [0.25, 0.3) is 0 Å². The van der Waals surface area contributed by atoms with Crippen LogP contribution in [-0.4, -0.2) is 22.9 Å². The minimum Gasteiger partial charge on any atom is -0.500 e. The van der Waals surface area contributed by atoms with Crippen LogP contribution in [0.5, 0.6) is 11.5 Å². The van der Waals surface area contributed by atoms with Gasteiger partial charge in [-0.15, -0.1) is 0 Å². The normalized spacial score (nSPS) is 10.1. The Morgan fingerprint density at radius 2 is 1.95 bits per heavy atom. The smallest absolute Gasteiger partial charge is 0.315 e. The Balaban J connectivity index is 2.37. The number of Topliss-reactive ketones (excluding diaryl/α,β-unsaturated/α-hetero) is 1. The zero-order valence-corrected chi connectivity index (χ0v) is 11.3. The largest absolute Gasteiger partial charge is 0.500 e. The number of nitrogens with zero attached hydrogens (tertiary/aromatic N) is 1. The number of methoxy groups -OCH3 is 1. The quantitative estimate of drug-likeness (QED) is 0.519. The van der Waals surface area contributed by atoms with Crippen molar-refractivity contribution in [2.24, 2.45) is 0 Å². The van der Waals surface area contributed by atoms with Crippen LogP contribution in [0.3, 0.4) is 0 Å². The monoisotopic (exact) mass is 287 g/mol. The van der Waals surface area contributed by atoms with Crippen molar-refractivity contribution in [2.45, 2.75) is 6.42 Å². The fraction of sp³-hybridized carbons (Fsp3) is 0.133. The van der Waals surface area contributed by atoms with Gasteiger partial charge in [-0.25, -0.2) is 0 Å². The molecule has 0 atom stereocenters. The van der Waals surface area contributed by atoms with Crippen molar-refractivity contribution in [1.29, 1.82) is 0 Å². The molecule has 0 bridgehead atoms. The molecule has 0 heterocycles. The fourth-order valence-corrected chi connectivity index (χ4v) is 1.93. The molecule has 0 saturated carbocycles. The van der Waals surface area contributed by atoms with Crippen molar-refractivity contribution in [3.8, 4) is 11.5 Å². The molecule has 0 radical (unpaired) electrons. The molecule has 0 unspecified atom stereocenters. The highest BCUT2D eigenvalue weighted by atomic mass is 16.6. The molecule has 0 aliphatic rings. The van der Waals surface area contributed by atoms with Gasteiger partial charge in [-0.3, -0.25) is 14.9 Å². The van der Waals surface area contributed by atoms with E-state index in [0.29, 0.717) is 0 Å². The van der Waals surface area contributed by atoms with Crippen LogP contribution in [0.1, 0.15) is 15.9 Å². The predicted molar refractivity (Wildman–Crippen MR) is 75.8 cm³/mol. The van der Waals surface area contributed by atoms with E-state index in [1.165, 1.54) is 13.2 Å². The Kier molecular flexibility index (Phi) is 4.18. The van der Waals surface area contributed by atoms with E-state index < -0.39 is 16.4 Å². The third kappa shape index (κ3) is 3.17. The number of ketones is 1. The molecule has 6 nitrogen and oxygen atoms in total. The standard InChI is InChI=1S/C15H13NO5/c1-21-14-9-11(8-12(15(14)18)16(19)20)13(17)7-10-5-3-2-4-6-10/h2-6,8-9,18H,7H2,1H3. The maximum atomic E-state index is 12.2. The van der Waals surface area contributed by atoms with Crippen molar-refractivity contribution < 1.29 is 19.6 Å². The molecule has 6 heteroatoms. The molecule has 0 aromatic heterocycles. The summed E-state index contributed by atoms with van der Waals surface area (Å²) in [6, 6.07) is 11.4.